The van der Waals surface area contributed by atoms with Crippen molar-refractivity contribution >= 4 is 5.97 Å². The van der Waals surface area contributed by atoms with E-state index in [2.05, 4.69) is 12.1 Å². The van der Waals surface area contributed by atoms with Gasteiger partial charge in [0.25, 0.3) is 0 Å². The highest BCUT2D eigenvalue weighted by atomic mass is 16.4. The minimum absolute atomic E-state index is 0.0959. The average molecular weight is 262 g/mol. The number of hydrogen-bond acceptors (Lipinski definition) is 2. The highest BCUT2D eigenvalue weighted by molar-refractivity contribution is 5.76. The maximum absolute atomic E-state index is 11.2. The van der Waals surface area contributed by atoms with Gasteiger partial charge in [0.1, 0.15) is 0 Å². The summed E-state index contributed by atoms with van der Waals surface area (Å²) in [6, 6.07) is 7.97. The van der Waals surface area contributed by atoms with Crippen molar-refractivity contribution in [1.82, 2.24) is 0 Å². The van der Waals surface area contributed by atoms with E-state index in [0.29, 0.717) is 5.92 Å². The first-order valence-electron chi connectivity index (χ1n) is 7.16. The molecule has 19 heavy (non-hydrogen) atoms. The summed E-state index contributed by atoms with van der Waals surface area (Å²) in [6.45, 7) is -0.0959. The minimum Gasteiger partial charge on any atom is -0.481 e. The molecule has 1 aromatic carbocycles. The summed E-state index contributed by atoms with van der Waals surface area (Å²) in [6.07, 6.45) is 6.71. The lowest BCUT2D eigenvalue weighted by atomic mass is 9.83. The van der Waals surface area contributed by atoms with Crippen molar-refractivity contribution in [3.63, 3.8) is 0 Å². The third-order valence-corrected chi connectivity index (χ3v) is 4.13. The van der Waals surface area contributed by atoms with Crippen molar-refractivity contribution in [2.45, 2.75) is 50.4 Å². The van der Waals surface area contributed by atoms with Gasteiger partial charge in [0, 0.05) is 6.61 Å². The zero-order valence-corrected chi connectivity index (χ0v) is 11.2. The molecule has 0 bridgehead atoms. The zero-order chi connectivity index (χ0) is 13.7. The van der Waals surface area contributed by atoms with Crippen molar-refractivity contribution < 1.29 is 15.0 Å². The quantitative estimate of drug-likeness (QED) is 0.856. The molecule has 0 radical (unpaired) electrons. The summed E-state index contributed by atoms with van der Waals surface area (Å²) in [5, 5.41) is 18.1. The largest absolute Gasteiger partial charge is 0.481 e. The summed E-state index contributed by atoms with van der Waals surface area (Å²) in [5.41, 5.74) is 2.12. The van der Waals surface area contributed by atoms with Gasteiger partial charge in [0.2, 0.25) is 0 Å². The molecule has 1 unspecified atom stereocenters. The Morgan fingerprint density at radius 1 is 1.16 bits per heavy atom. The molecule has 1 aliphatic carbocycles. The molecular weight excluding hydrogens is 240 g/mol. The van der Waals surface area contributed by atoms with Gasteiger partial charge in [0.15, 0.2) is 0 Å². The third kappa shape index (κ3) is 3.57. The Hall–Kier alpha value is -1.35. The molecule has 3 heteroatoms. The standard InChI is InChI=1S/C16H22O3/c17-11-10-15(16(18)19)14-8-6-13(7-9-14)12-4-2-1-3-5-12/h6-9,12,15,17H,1-5,10-11H2,(H,18,19). The highest BCUT2D eigenvalue weighted by Crippen LogP contribution is 2.33. The molecule has 0 amide bonds. The van der Waals surface area contributed by atoms with Crippen LogP contribution in [0.4, 0.5) is 0 Å². The fourth-order valence-electron chi connectivity index (χ4n) is 3.00. The second kappa shape index (κ2) is 6.71. The number of rotatable bonds is 5. The Labute approximate surface area is 114 Å². The molecular formula is C16H22O3. The average Bonchev–Trinajstić information content (AvgIpc) is 2.46. The van der Waals surface area contributed by atoms with Gasteiger partial charge in [-0.3, -0.25) is 4.79 Å². The van der Waals surface area contributed by atoms with E-state index in [1.54, 1.807) is 0 Å². The number of carboxylic acids is 1. The van der Waals surface area contributed by atoms with Crippen LogP contribution in [0.5, 0.6) is 0 Å². The summed E-state index contributed by atoms with van der Waals surface area (Å²) >= 11 is 0. The number of carbonyl (C=O) groups is 1. The third-order valence-electron chi connectivity index (χ3n) is 4.13. The van der Waals surface area contributed by atoms with Crippen LogP contribution in [0.15, 0.2) is 24.3 Å². The van der Waals surface area contributed by atoms with Crippen LogP contribution in [0.3, 0.4) is 0 Å². The number of carboxylic acid groups (broad SMARTS) is 1. The second-order valence-electron chi connectivity index (χ2n) is 5.40. The molecule has 1 atom stereocenters. The number of benzene rings is 1. The van der Waals surface area contributed by atoms with Crippen molar-refractivity contribution in [3.05, 3.63) is 35.4 Å². The van der Waals surface area contributed by atoms with E-state index in [9.17, 15) is 4.79 Å². The van der Waals surface area contributed by atoms with E-state index in [1.807, 2.05) is 12.1 Å². The van der Waals surface area contributed by atoms with Gasteiger partial charge in [-0.1, -0.05) is 43.5 Å². The first-order chi connectivity index (χ1) is 9.22. The van der Waals surface area contributed by atoms with Gasteiger partial charge < -0.3 is 10.2 Å². The van der Waals surface area contributed by atoms with E-state index in [0.717, 1.165) is 5.56 Å². The molecule has 0 heterocycles. The van der Waals surface area contributed by atoms with Crippen molar-refractivity contribution in [3.8, 4) is 0 Å². The molecule has 0 aromatic heterocycles. The Balaban J connectivity index is 2.10. The van der Waals surface area contributed by atoms with E-state index in [1.165, 1.54) is 37.7 Å². The van der Waals surface area contributed by atoms with E-state index >= 15 is 0 Å². The van der Waals surface area contributed by atoms with E-state index < -0.39 is 11.9 Å². The molecule has 0 spiro atoms. The van der Waals surface area contributed by atoms with E-state index in [-0.39, 0.29) is 13.0 Å². The lowest BCUT2D eigenvalue weighted by Crippen LogP contribution is -2.13. The molecule has 2 rings (SSSR count). The van der Waals surface area contributed by atoms with Crippen LogP contribution < -0.4 is 0 Å². The van der Waals surface area contributed by atoms with Crippen LogP contribution in [0.2, 0.25) is 0 Å². The predicted octanol–water partition coefficient (Wildman–Crippen LogP) is 3.28. The summed E-state index contributed by atoms with van der Waals surface area (Å²) in [5.74, 6) is -0.811. The van der Waals surface area contributed by atoms with Crippen LogP contribution >= 0.6 is 0 Å². The molecule has 1 saturated carbocycles. The number of hydrogen-bond donors (Lipinski definition) is 2. The maximum atomic E-state index is 11.2. The van der Waals surface area contributed by atoms with Crippen LogP contribution in [0, 0.1) is 0 Å². The van der Waals surface area contributed by atoms with E-state index in [4.69, 9.17) is 10.2 Å². The Morgan fingerprint density at radius 2 is 1.79 bits per heavy atom. The minimum atomic E-state index is -0.862. The van der Waals surface area contributed by atoms with Gasteiger partial charge in [-0.25, -0.2) is 0 Å². The molecule has 1 aliphatic rings. The van der Waals surface area contributed by atoms with Crippen LogP contribution in [0.25, 0.3) is 0 Å². The second-order valence-corrected chi connectivity index (χ2v) is 5.40. The van der Waals surface area contributed by atoms with Crippen molar-refractivity contribution in [1.29, 1.82) is 0 Å². The fourth-order valence-corrected chi connectivity index (χ4v) is 3.00. The Kier molecular flexibility index (Phi) is 4.97. The molecule has 0 aliphatic heterocycles. The van der Waals surface area contributed by atoms with Crippen LogP contribution in [-0.2, 0) is 4.79 Å². The summed E-state index contributed by atoms with van der Waals surface area (Å²) in [4.78, 5) is 11.2. The molecule has 2 N–H and O–H groups in total. The highest BCUT2D eigenvalue weighted by Gasteiger charge is 2.20. The van der Waals surface area contributed by atoms with Crippen molar-refractivity contribution in [2.75, 3.05) is 6.61 Å². The Morgan fingerprint density at radius 3 is 2.32 bits per heavy atom. The number of aliphatic carboxylic acids is 1. The van der Waals surface area contributed by atoms with Crippen LogP contribution in [0.1, 0.15) is 61.5 Å². The zero-order valence-electron chi connectivity index (χ0n) is 11.2. The van der Waals surface area contributed by atoms with Gasteiger partial charge in [-0.05, 0) is 36.3 Å². The molecule has 3 nitrogen and oxygen atoms in total. The number of aliphatic hydroxyl groups is 1. The van der Waals surface area contributed by atoms with Crippen molar-refractivity contribution in [2.24, 2.45) is 0 Å². The normalized spacial score (nSPS) is 18.2. The fraction of sp³-hybridized carbons (Fsp3) is 0.562. The summed E-state index contributed by atoms with van der Waals surface area (Å²) in [7, 11) is 0. The Bertz CT molecular complexity index is 405. The smallest absolute Gasteiger partial charge is 0.311 e. The van der Waals surface area contributed by atoms with Crippen LogP contribution in [-0.4, -0.2) is 22.8 Å². The maximum Gasteiger partial charge on any atom is 0.311 e. The predicted molar refractivity (Wildman–Crippen MR) is 74.3 cm³/mol. The molecule has 0 saturated heterocycles. The van der Waals surface area contributed by atoms with Gasteiger partial charge in [-0.2, -0.15) is 0 Å². The lowest BCUT2D eigenvalue weighted by Gasteiger charge is -2.22. The number of aliphatic hydroxyl groups excluding tert-OH is 1. The van der Waals surface area contributed by atoms with Gasteiger partial charge in [-0.15, -0.1) is 0 Å². The monoisotopic (exact) mass is 262 g/mol. The topological polar surface area (TPSA) is 57.5 Å². The first kappa shape index (κ1) is 14.1. The molecule has 1 aromatic rings. The SMILES string of the molecule is O=C(O)C(CCO)c1ccc(C2CCCCC2)cc1. The van der Waals surface area contributed by atoms with Gasteiger partial charge in [0.05, 0.1) is 5.92 Å². The molecule has 1 fully saturated rings. The molecule has 104 valence electrons. The first-order valence-corrected chi connectivity index (χ1v) is 7.16. The summed E-state index contributed by atoms with van der Waals surface area (Å²) < 4.78 is 0. The van der Waals surface area contributed by atoms with Gasteiger partial charge >= 0.3 is 5.97 Å². The lowest BCUT2D eigenvalue weighted by molar-refractivity contribution is -0.139.